The molecule has 0 saturated carbocycles. The highest BCUT2D eigenvalue weighted by molar-refractivity contribution is 6.30. The maximum absolute atomic E-state index is 12.6. The van der Waals surface area contributed by atoms with Gasteiger partial charge in [0, 0.05) is 34.4 Å². The molecule has 120 valence electrons. The average Bonchev–Trinajstić information content (AvgIpc) is 2.98. The van der Waals surface area contributed by atoms with Crippen LogP contribution in [0.1, 0.15) is 36.5 Å². The van der Waals surface area contributed by atoms with Gasteiger partial charge in [0.15, 0.2) is 11.6 Å². The van der Waals surface area contributed by atoms with E-state index in [-0.39, 0.29) is 18.0 Å². The van der Waals surface area contributed by atoms with Crippen LogP contribution in [0, 0.1) is 0 Å². The number of hydrogen-bond acceptors (Lipinski definition) is 4. The number of nitrogens with one attached hydrogen (secondary N) is 1. The number of aromatic amines is 1. The lowest BCUT2D eigenvalue weighted by Crippen LogP contribution is -2.36. The second-order valence-electron chi connectivity index (χ2n) is 6.45. The minimum Gasteiger partial charge on any atom is -0.337 e. The molecule has 0 bridgehead atoms. The molecule has 0 unspecified atom stereocenters. The quantitative estimate of drug-likeness (QED) is 0.864. The van der Waals surface area contributed by atoms with Gasteiger partial charge in [-0.2, -0.15) is 0 Å². The van der Waals surface area contributed by atoms with E-state index in [0.717, 1.165) is 5.56 Å². The molecule has 1 aromatic carbocycles. The van der Waals surface area contributed by atoms with Crippen molar-refractivity contribution in [2.24, 2.45) is 4.99 Å². The minimum absolute atomic E-state index is 0.0710. The van der Waals surface area contributed by atoms with Crippen LogP contribution in [0.2, 0.25) is 5.02 Å². The largest absolute Gasteiger partial charge is 0.337 e. The van der Waals surface area contributed by atoms with Gasteiger partial charge in [-0.05, 0) is 38.1 Å². The van der Waals surface area contributed by atoms with E-state index in [9.17, 15) is 9.59 Å². The number of aromatic nitrogens is 2. The zero-order valence-electron chi connectivity index (χ0n) is 13.2. The van der Waals surface area contributed by atoms with Gasteiger partial charge in [-0.3, -0.25) is 14.6 Å². The van der Waals surface area contributed by atoms with E-state index in [4.69, 9.17) is 11.6 Å². The number of Topliss-reactive ketones (excluding diaryl/α,β-unsaturated/α-hetero) is 2. The molecule has 24 heavy (non-hydrogen) atoms. The summed E-state index contributed by atoms with van der Waals surface area (Å²) in [5.41, 5.74) is 2.11. The van der Waals surface area contributed by atoms with Crippen molar-refractivity contribution in [1.29, 1.82) is 0 Å². The molecule has 4 rings (SSSR count). The minimum atomic E-state index is -0.824. The van der Waals surface area contributed by atoms with Gasteiger partial charge in [0.1, 0.15) is 17.1 Å². The standard InChI is InChI=1S/C18H14ClN3O2/c1-18(2)16(24)11-7-13(23)15-14(12(11)8-20-18)21-17(22-15)9-3-5-10(19)6-4-9/h3-6,8H,7H2,1-2H3,(H,21,22). The maximum atomic E-state index is 12.6. The van der Waals surface area contributed by atoms with Crippen molar-refractivity contribution in [3.63, 3.8) is 0 Å². The highest BCUT2D eigenvalue weighted by atomic mass is 35.5. The summed E-state index contributed by atoms with van der Waals surface area (Å²) in [6, 6.07) is 7.18. The third-order valence-electron chi connectivity index (χ3n) is 4.36. The first kappa shape index (κ1) is 15.0. The number of hydrogen-bond donors (Lipinski definition) is 1. The molecule has 2 aliphatic rings. The first-order chi connectivity index (χ1) is 11.4. The van der Waals surface area contributed by atoms with Gasteiger partial charge in [0.25, 0.3) is 0 Å². The average molecular weight is 340 g/mol. The molecule has 0 fully saturated rings. The number of benzene rings is 1. The summed E-state index contributed by atoms with van der Waals surface area (Å²) in [7, 11) is 0. The van der Waals surface area contributed by atoms with Gasteiger partial charge in [-0.15, -0.1) is 0 Å². The summed E-state index contributed by atoms with van der Waals surface area (Å²) >= 11 is 5.91. The number of imidazole rings is 1. The van der Waals surface area contributed by atoms with Crippen molar-refractivity contribution in [2.75, 3.05) is 0 Å². The molecule has 1 aliphatic heterocycles. The predicted octanol–water partition coefficient (Wildman–Crippen LogP) is 3.50. The molecule has 0 saturated heterocycles. The fraction of sp³-hybridized carbons (Fsp3) is 0.222. The molecular weight excluding hydrogens is 326 g/mol. The van der Waals surface area contributed by atoms with Crippen molar-refractivity contribution in [3.8, 4) is 11.4 Å². The van der Waals surface area contributed by atoms with E-state index in [1.807, 2.05) is 12.1 Å². The van der Waals surface area contributed by atoms with Crippen LogP contribution >= 0.6 is 11.6 Å². The summed E-state index contributed by atoms with van der Waals surface area (Å²) in [4.78, 5) is 37.0. The normalized spacial score (nSPS) is 18.6. The molecule has 0 atom stereocenters. The molecule has 2 aromatic rings. The second kappa shape index (κ2) is 4.98. The third-order valence-corrected chi connectivity index (χ3v) is 4.62. The molecular formula is C18H14ClN3O2. The van der Waals surface area contributed by atoms with Gasteiger partial charge in [-0.1, -0.05) is 11.6 Å². The Labute approximate surface area is 143 Å². The zero-order valence-corrected chi connectivity index (χ0v) is 13.9. The Morgan fingerprint density at radius 1 is 1.17 bits per heavy atom. The topological polar surface area (TPSA) is 75.2 Å². The van der Waals surface area contributed by atoms with Crippen molar-refractivity contribution in [2.45, 2.75) is 25.8 Å². The Hall–Kier alpha value is -2.53. The molecule has 2 heterocycles. The number of aliphatic imine (C=N–C) groups is 1. The first-order valence-corrected chi connectivity index (χ1v) is 7.97. The van der Waals surface area contributed by atoms with Crippen LogP contribution in [0.15, 0.2) is 34.8 Å². The molecule has 1 N–H and O–H groups in total. The number of carbonyl (C=O) groups excluding carboxylic acids is 2. The number of halogens is 1. The van der Waals surface area contributed by atoms with E-state index in [0.29, 0.717) is 33.4 Å². The van der Waals surface area contributed by atoms with Gasteiger partial charge >= 0.3 is 0 Å². The Kier molecular flexibility index (Phi) is 3.12. The number of H-pyrrole nitrogens is 1. The molecule has 0 amide bonds. The van der Waals surface area contributed by atoms with Gasteiger partial charge in [-0.25, -0.2) is 4.98 Å². The molecule has 1 aliphatic carbocycles. The lowest BCUT2D eigenvalue weighted by molar-refractivity contribution is -0.119. The van der Waals surface area contributed by atoms with Crippen LogP contribution < -0.4 is 0 Å². The summed E-state index contributed by atoms with van der Waals surface area (Å²) in [6.45, 7) is 3.50. The van der Waals surface area contributed by atoms with E-state index < -0.39 is 5.54 Å². The SMILES string of the molecule is CC1(C)N=CC2=C(CC(=O)c3nc(-c4ccc(Cl)cc4)[nH]c32)C1=O. The number of nitrogens with zero attached hydrogens (tertiary/aromatic N) is 2. The van der Waals surface area contributed by atoms with Crippen LogP contribution in [0.3, 0.4) is 0 Å². The van der Waals surface area contributed by atoms with Crippen molar-refractivity contribution in [1.82, 2.24) is 9.97 Å². The van der Waals surface area contributed by atoms with Crippen molar-refractivity contribution >= 4 is 35.0 Å². The number of dihydropyridines is 1. The maximum Gasteiger partial charge on any atom is 0.187 e. The van der Waals surface area contributed by atoms with Crippen LogP contribution in [0.5, 0.6) is 0 Å². The highest BCUT2D eigenvalue weighted by Gasteiger charge is 2.39. The van der Waals surface area contributed by atoms with E-state index in [1.165, 1.54) is 0 Å². The fourth-order valence-corrected chi connectivity index (χ4v) is 3.13. The molecule has 5 nitrogen and oxygen atoms in total. The Morgan fingerprint density at radius 3 is 2.58 bits per heavy atom. The van der Waals surface area contributed by atoms with Crippen molar-refractivity contribution in [3.05, 3.63) is 46.2 Å². The smallest absolute Gasteiger partial charge is 0.187 e. The molecule has 0 spiro atoms. The predicted molar refractivity (Wildman–Crippen MR) is 92.5 cm³/mol. The van der Waals surface area contributed by atoms with Gasteiger partial charge < -0.3 is 4.98 Å². The summed E-state index contributed by atoms with van der Waals surface area (Å²) in [5, 5.41) is 0.628. The van der Waals surface area contributed by atoms with Crippen LogP contribution in [-0.4, -0.2) is 33.3 Å². The van der Waals surface area contributed by atoms with Gasteiger partial charge in [0.05, 0.1) is 5.69 Å². The number of allylic oxidation sites excluding steroid dienone is 1. The molecule has 0 radical (unpaired) electrons. The Morgan fingerprint density at radius 2 is 1.88 bits per heavy atom. The number of fused-ring (bicyclic) bond motifs is 2. The summed E-state index contributed by atoms with van der Waals surface area (Å²) in [6.07, 6.45) is 1.74. The zero-order chi connectivity index (χ0) is 17.1. The second-order valence-corrected chi connectivity index (χ2v) is 6.89. The van der Waals surface area contributed by atoms with E-state index in [1.54, 1.807) is 32.2 Å². The van der Waals surface area contributed by atoms with E-state index >= 15 is 0 Å². The number of ketones is 2. The van der Waals surface area contributed by atoms with Crippen LogP contribution in [-0.2, 0) is 4.79 Å². The third kappa shape index (κ3) is 2.16. The summed E-state index contributed by atoms with van der Waals surface area (Å²) in [5.74, 6) is 0.311. The van der Waals surface area contributed by atoms with Gasteiger partial charge in [0.2, 0.25) is 0 Å². The Balaban J connectivity index is 1.86. The molecule has 6 heteroatoms. The van der Waals surface area contributed by atoms with Crippen LogP contribution in [0.4, 0.5) is 0 Å². The number of carbonyl (C=O) groups is 2. The molecule has 1 aromatic heterocycles. The summed E-state index contributed by atoms with van der Waals surface area (Å²) < 4.78 is 0. The van der Waals surface area contributed by atoms with Crippen LogP contribution in [0.25, 0.3) is 17.0 Å². The van der Waals surface area contributed by atoms with E-state index in [2.05, 4.69) is 15.0 Å². The fourth-order valence-electron chi connectivity index (χ4n) is 3.00. The lowest BCUT2D eigenvalue weighted by Gasteiger charge is -2.27. The first-order valence-electron chi connectivity index (χ1n) is 7.59. The lowest BCUT2D eigenvalue weighted by atomic mass is 9.81. The van der Waals surface area contributed by atoms with Crippen molar-refractivity contribution < 1.29 is 9.59 Å². The Bertz CT molecular complexity index is 949. The highest BCUT2D eigenvalue weighted by Crippen LogP contribution is 2.36. The number of rotatable bonds is 1. The monoisotopic (exact) mass is 339 g/mol.